The molecule has 0 bridgehead atoms. The first-order valence-corrected chi connectivity index (χ1v) is 6.40. The number of nitrogens with zero attached hydrogens (tertiary/aromatic N) is 4. The van der Waals surface area contributed by atoms with Crippen molar-refractivity contribution in [2.24, 2.45) is 5.73 Å². The molecular formula is C12H15N5O2. The monoisotopic (exact) mass is 261 g/mol. The van der Waals surface area contributed by atoms with Crippen molar-refractivity contribution in [1.29, 1.82) is 0 Å². The van der Waals surface area contributed by atoms with E-state index in [1.54, 1.807) is 10.5 Å². The number of aromatic nitrogens is 3. The SMILES string of the molecule is N[C@@H]1CCC[C@H](c2nnc3ccc([N+](=O)[O-])cn23)C1. The average Bonchev–Trinajstić information content (AvgIpc) is 2.81. The molecule has 0 saturated heterocycles. The Kier molecular flexibility index (Phi) is 2.90. The molecule has 1 aliphatic rings. The van der Waals surface area contributed by atoms with E-state index in [1.807, 2.05) is 0 Å². The second kappa shape index (κ2) is 4.58. The summed E-state index contributed by atoms with van der Waals surface area (Å²) in [5.74, 6) is 1.02. The van der Waals surface area contributed by atoms with Gasteiger partial charge in [0.2, 0.25) is 0 Å². The summed E-state index contributed by atoms with van der Waals surface area (Å²) >= 11 is 0. The van der Waals surface area contributed by atoms with E-state index >= 15 is 0 Å². The van der Waals surface area contributed by atoms with Gasteiger partial charge in [0.05, 0.1) is 11.1 Å². The van der Waals surface area contributed by atoms with Crippen LogP contribution in [0, 0.1) is 10.1 Å². The van der Waals surface area contributed by atoms with E-state index in [0.717, 1.165) is 31.5 Å². The van der Waals surface area contributed by atoms with Crippen LogP contribution in [0.4, 0.5) is 5.69 Å². The maximum atomic E-state index is 10.8. The van der Waals surface area contributed by atoms with Gasteiger partial charge in [-0.25, -0.2) is 0 Å². The van der Waals surface area contributed by atoms with Crippen LogP contribution in [0.2, 0.25) is 0 Å². The summed E-state index contributed by atoms with van der Waals surface area (Å²) in [4.78, 5) is 10.4. The zero-order chi connectivity index (χ0) is 13.4. The predicted octanol–water partition coefficient (Wildman–Crippen LogP) is 1.62. The lowest BCUT2D eigenvalue weighted by Crippen LogP contribution is -2.27. The Morgan fingerprint density at radius 2 is 2.21 bits per heavy atom. The lowest BCUT2D eigenvalue weighted by molar-refractivity contribution is -0.385. The van der Waals surface area contributed by atoms with Crippen LogP contribution in [0.1, 0.15) is 37.4 Å². The molecule has 100 valence electrons. The molecule has 0 amide bonds. The van der Waals surface area contributed by atoms with Crippen LogP contribution in [0.15, 0.2) is 18.3 Å². The van der Waals surface area contributed by atoms with E-state index in [-0.39, 0.29) is 17.6 Å². The summed E-state index contributed by atoms with van der Waals surface area (Å²) in [6.45, 7) is 0. The maximum Gasteiger partial charge on any atom is 0.286 e. The summed E-state index contributed by atoms with van der Waals surface area (Å²) in [7, 11) is 0. The number of fused-ring (bicyclic) bond motifs is 1. The van der Waals surface area contributed by atoms with Crippen LogP contribution in [0.5, 0.6) is 0 Å². The number of nitrogens with two attached hydrogens (primary N) is 1. The third kappa shape index (κ3) is 2.17. The van der Waals surface area contributed by atoms with Crippen molar-refractivity contribution in [2.75, 3.05) is 0 Å². The van der Waals surface area contributed by atoms with Crippen molar-refractivity contribution in [3.63, 3.8) is 0 Å². The van der Waals surface area contributed by atoms with Crippen molar-refractivity contribution in [3.8, 4) is 0 Å². The van der Waals surface area contributed by atoms with Crippen LogP contribution in [0.3, 0.4) is 0 Å². The van der Waals surface area contributed by atoms with E-state index in [1.165, 1.54) is 12.3 Å². The molecule has 1 saturated carbocycles. The molecular weight excluding hydrogens is 246 g/mol. The number of hydrogen-bond acceptors (Lipinski definition) is 5. The van der Waals surface area contributed by atoms with Crippen LogP contribution in [-0.4, -0.2) is 25.6 Å². The molecule has 0 spiro atoms. The zero-order valence-electron chi connectivity index (χ0n) is 10.4. The second-order valence-corrected chi connectivity index (χ2v) is 5.05. The Morgan fingerprint density at radius 1 is 1.37 bits per heavy atom. The normalized spacial score (nSPS) is 23.6. The van der Waals surface area contributed by atoms with Crippen LogP contribution < -0.4 is 5.73 Å². The molecule has 19 heavy (non-hydrogen) atoms. The van der Waals surface area contributed by atoms with Gasteiger partial charge in [0.1, 0.15) is 5.82 Å². The van der Waals surface area contributed by atoms with Gasteiger partial charge in [-0.15, -0.1) is 10.2 Å². The van der Waals surface area contributed by atoms with Crippen molar-refractivity contribution >= 4 is 11.3 Å². The molecule has 0 aromatic carbocycles. The quantitative estimate of drug-likeness (QED) is 0.654. The molecule has 7 nitrogen and oxygen atoms in total. The Bertz CT molecular complexity index is 624. The molecule has 2 atom stereocenters. The molecule has 0 unspecified atom stereocenters. The molecule has 7 heteroatoms. The fraction of sp³-hybridized carbons (Fsp3) is 0.500. The number of rotatable bonds is 2. The van der Waals surface area contributed by atoms with Crippen molar-refractivity contribution < 1.29 is 4.92 Å². The first kappa shape index (κ1) is 12.0. The van der Waals surface area contributed by atoms with E-state index in [2.05, 4.69) is 10.2 Å². The van der Waals surface area contributed by atoms with Crippen molar-refractivity contribution in [2.45, 2.75) is 37.6 Å². The number of nitro groups is 1. The standard InChI is InChI=1S/C12H15N5O2/c13-9-3-1-2-8(6-9)12-15-14-11-5-4-10(17(18)19)7-16(11)12/h4-5,7-9H,1-3,6,13H2/t8-,9+/m0/s1. The van der Waals surface area contributed by atoms with Gasteiger partial charge < -0.3 is 5.73 Å². The van der Waals surface area contributed by atoms with Crippen molar-refractivity contribution in [1.82, 2.24) is 14.6 Å². The number of hydrogen-bond donors (Lipinski definition) is 1. The van der Waals surface area contributed by atoms with Gasteiger partial charge in [0, 0.05) is 18.0 Å². The summed E-state index contributed by atoms with van der Waals surface area (Å²) in [5, 5.41) is 19.1. The summed E-state index contributed by atoms with van der Waals surface area (Å²) in [6.07, 6.45) is 5.47. The minimum atomic E-state index is -0.407. The molecule has 2 aromatic heterocycles. The van der Waals surface area contributed by atoms with Gasteiger partial charge >= 0.3 is 0 Å². The Hall–Kier alpha value is -2.02. The molecule has 0 radical (unpaired) electrons. The van der Waals surface area contributed by atoms with E-state index in [0.29, 0.717) is 5.65 Å². The Morgan fingerprint density at radius 3 is 2.95 bits per heavy atom. The van der Waals surface area contributed by atoms with Gasteiger partial charge in [-0.2, -0.15) is 0 Å². The lowest BCUT2D eigenvalue weighted by atomic mass is 9.85. The summed E-state index contributed by atoms with van der Waals surface area (Å²) < 4.78 is 1.72. The first-order valence-electron chi connectivity index (χ1n) is 6.40. The molecule has 2 N–H and O–H groups in total. The molecule has 3 rings (SSSR count). The highest BCUT2D eigenvalue weighted by molar-refractivity contribution is 5.44. The fourth-order valence-corrected chi connectivity index (χ4v) is 2.75. The van der Waals surface area contributed by atoms with Gasteiger partial charge in [-0.3, -0.25) is 14.5 Å². The average molecular weight is 261 g/mol. The second-order valence-electron chi connectivity index (χ2n) is 5.05. The maximum absolute atomic E-state index is 10.8. The summed E-state index contributed by atoms with van der Waals surface area (Å²) in [6, 6.07) is 3.25. The third-order valence-corrected chi connectivity index (χ3v) is 3.70. The van der Waals surface area contributed by atoms with E-state index < -0.39 is 4.92 Å². The minimum Gasteiger partial charge on any atom is -0.328 e. The van der Waals surface area contributed by atoms with Crippen molar-refractivity contribution in [3.05, 3.63) is 34.3 Å². The van der Waals surface area contributed by atoms with Crippen LogP contribution in [-0.2, 0) is 0 Å². The van der Waals surface area contributed by atoms with Crippen LogP contribution in [0.25, 0.3) is 5.65 Å². The molecule has 1 aliphatic carbocycles. The molecule has 2 heterocycles. The predicted molar refractivity (Wildman–Crippen MR) is 68.8 cm³/mol. The minimum absolute atomic E-state index is 0.0497. The van der Waals surface area contributed by atoms with Gasteiger partial charge in [0.25, 0.3) is 5.69 Å². The molecule has 1 fully saturated rings. The smallest absolute Gasteiger partial charge is 0.286 e. The van der Waals surface area contributed by atoms with Gasteiger partial charge in [-0.05, 0) is 25.3 Å². The first-order chi connectivity index (χ1) is 9.15. The Balaban J connectivity index is 2.03. The fourth-order valence-electron chi connectivity index (χ4n) is 2.75. The largest absolute Gasteiger partial charge is 0.328 e. The highest BCUT2D eigenvalue weighted by Gasteiger charge is 2.25. The van der Waals surface area contributed by atoms with Gasteiger partial charge in [0.15, 0.2) is 5.65 Å². The topological polar surface area (TPSA) is 99.3 Å². The Labute approximate surface area is 109 Å². The van der Waals surface area contributed by atoms with Crippen LogP contribution >= 0.6 is 0 Å². The highest BCUT2D eigenvalue weighted by Crippen LogP contribution is 2.31. The third-order valence-electron chi connectivity index (χ3n) is 3.70. The molecule has 0 aliphatic heterocycles. The molecule has 2 aromatic rings. The lowest BCUT2D eigenvalue weighted by Gasteiger charge is -2.25. The van der Waals surface area contributed by atoms with Gasteiger partial charge in [-0.1, -0.05) is 6.42 Å². The van der Waals surface area contributed by atoms with E-state index in [4.69, 9.17) is 5.73 Å². The van der Waals surface area contributed by atoms with E-state index in [9.17, 15) is 10.1 Å². The number of pyridine rings is 1. The highest BCUT2D eigenvalue weighted by atomic mass is 16.6. The zero-order valence-corrected chi connectivity index (χ0v) is 10.4. The summed E-state index contributed by atoms with van der Waals surface area (Å²) in [5.41, 5.74) is 6.68.